The molecule has 0 fully saturated rings. The van der Waals surface area contributed by atoms with Crippen LogP contribution < -0.4 is 20.1 Å². The van der Waals surface area contributed by atoms with Crippen LogP contribution in [0.4, 0.5) is 17.1 Å². The van der Waals surface area contributed by atoms with Gasteiger partial charge in [-0.15, -0.1) is 0 Å². The number of anilines is 3. The number of fused-ring (bicyclic) bond motifs is 1. The van der Waals surface area contributed by atoms with Gasteiger partial charge in [0.1, 0.15) is 11.4 Å². The van der Waals surface area contributed by atoms with Gasteiger partial charge in [0.05, 0.1) is 24.2 Å². The summed E-state index contributed by atoms with van der Waals surface area (Å²) in [5.74, 6) is 0.427. The van der Waals surface area contributed by atoms with Gasteiger partial charge in [-0.25, -0.2) is 8.42 Å². The Morgan fingerprint density at radius 1 is 0.838 bits per heavy atom. The van der Waals surface area contributed by atoms with E-state index in [1.807, 2.05) is 6.07 Å². The first kappa shape index (κ1) is 24.3. The molecule has 1 aliphatic rings. The van der Waals surface area contributed by atoms with Crippen LogP contribution in [0.3, 0.4) is 0 Å². The van der Waals surface area contributed by atoms with E-state index in [1.54, 1.807) is 98.1 Å². The van der Waals surface area contributed by atoms with Crippen LogP contribution in [-0.2, 0) is 14.6 Å². The molecular formula is C28H25N3O5S. The molecule has 0 atom stereocenters. The first-order valence-electron chi connectivity index (χ1n) is 11.5. The van der Waals surface area contributed by atoms with Crippen molar-refractivity contribution in [3.63, 3.8) is 0 Å². The molecule has 0 spiro atoms. The van der Waals surface area contributed by atoms with Crippen molar-refractivity contribution in [2.75, 3.05) is 36.8 Å². The van der Waals surface area contributed by atoms with E-state index >= 15 is 0 Å². The number of likely N-dealkylation sites (N-methyl/N-ethyl adjacent to an activating group) is 1. The highest BCUT2D eigenvalue weighted by atomic mass is 32.2. The average molecular weight is 516 g/mol. The molecule has 0 aliphatic carbocycles. The van der Waals surface area contributed by atoms with Gasteiger partial charge in [0.25, 0.3) is 11.5 Å². The maximum absolute atomic E-state index is 13.8. The number of carbonyl (C=O) groups is 1. The standard InChI is InChI=1S/C28H25N3O5S/c1-29-18-26(32)31(21-12-14-22(36-2)15-13-21)27-24(29)16-17-30(28(27)33)20-10-8-19(9-11-20)23-6-4-5-7-25(23)37(3,34)35/h4-17H,18H2,1-3H3. The van der Waals surface area contributed by atoms with Gasteiger partial charge >= 0.3 is 0 Å². The molecule has 37 heavy (non-hydrogen) atoms. The second kappa shape index (κ2) is 9.25. The van der Waals surface area contributed by atoms with E-state index in [0.717, 1.165) is 0 Å². The zero-order valence-electron chi connectivity index (χ0n) is 20.6. The number of methoxy groups -OCH3 is 1. The Kier molecular flexibility index (Phi) is 6.08. The number of rotatable bonds is 5. The number of sulfone groups is 1. The van der Waals surface area contributed by atoms with Gasteiger partial charge in [0.15, 0.2) is 9.84 Å². The average Bonchev–Trinajstić information content (AvgIpc) is 2.89. The third kappa shape index (κ3) is 4.38. The van der Waals surface area contributed by atoms with Crippen LogP contribution in [0, 0.1) is 0 Å². The molecule has 1 aliphatic heterocycles. The van der Waals surface area contributed by atoms with Crippen LogP contribution in [0.15, 0.2) is 94.7 Å². The summed E-state index contributed by atoms with van der Waals surface area (Å²) in [5, 5.41) is 0. The summed E-state index contributed by atoms with van der Waals surface area (Å²) in [4.78, 5) is 30.3. The number of carbonyl (C=O) groups excluding carboxylic acids is 1. The lowest BCUT2D eigenvalue weighted by Gasteiger charge is -2.35. The van der Waals surface area contributed by atoms with Crippen LogP contribution in [0.5, 0.6) is 5.75 Å². The van der Waals surface area contributed by atoms with Crippen molar-refractivity contribution in [3.8, 4) is 22.6 Å². The van der Waals surface area contributed by atoms with Crippen molar-refractivity contribution >= 4 is 32.8 Å². The first-order chi connectivity index (χ1) is 17.7. The lowest BCUT2D eigenvalue weighted by molar-refractivity contribution is -0.116. The van der Waals surface area contributed by atoms with Crippen molar-refractivity contribution < 1.29 is 17.9 Å². The Hall–Kier alpha value is -4.37. The molecule has 4 aromatic rings. The van der Waals surface area contributed by atoms with E-state index in [0.29, 0.717) is 33.9 Å². The Labute approximate surface area is 214 Å². The lowest BCUT2D eigenvalue weighted by Crippen LogP contribution is -2.45. The number of hydrogen-bond donors (Lipinski definition) is 0. The normalized spacial score (nSPS) is 13.4. The summed E-state index contributed by atoms with van der Waals surface area (Å²) < 4.78 is 31.2. The van der Waals surface area contributed by atoms with Crippen LogP contribution in [0.1, 0.15) is 0 Å². The fourth-order valence-electron chi connectivity index (χ4n) is 4.55. The Morgan fingerprint density at radius 2 is 1.49 bits per heavy atom. The molecule has 1 aromatic heterocycles. The Bertz CT molecular complexity index is 1660. The number of amides is 1. The van der Waals surface area contributed by atoms with E-state index in [4.69, 9.17) is 4.74 Å². The third-order valence-electron chi connectivity index (χ3n) is 6.38. The second-order valence-electron chi connectivity index (χ2n) is 8.82. The minimum atomic E-state index is -3.41. The van der Waals surface area contributed by atoms with Crippen LogP contribution in [0.25, 0.3) is 16.8 Å². The van der Waals surface area contributed by atoms with Crippen LogP contribution in [0.2, 0.25) is 0 Å². The quantitative estimate of drug-likeness (QED) is 0.399. The van der Waals surface area contributed by atoms with E-state index in [1.165, 1.54) is 15.7 Å². The maximum atomic E-state index is 13.8. The topological polar surface area (TPSA) is 88.9 Å². The fourth-order valence-corrected chi connectivity index (χ4v) is 5.47. The highest BCUT2D eigenvalue weighted by Crippen LogP contribution is 2.36. The number of pyridine rings is 1. The van der Waals surface area contributed by atoms with Crippen LogP contribution >= 0.6 is 0 Å². The minimum absolute atomic E-state index is 0.136. The molecule has 0 bridgehead atoms. The molecule has 0 saturated heterocycles. The minimum Gasteiger partial charge on any atom is -0.497 e. The zero-order chi connectivity index (χ0) is 26.3. The molecule has 3 aromatic carbocycles. The van der Waals surface area contributed by atoms with E-state index < -0.39 is 9.84 Å². The van der Waals surface area contributed by atoms with E-state index in [9.17, 15) is 18.0 Å². The summed E-state index contributed by atoms with van der Waals surface area (Å²) in [5.41, 5.74) is 3.02. The van der Waals surface area contributed by atoms with Crippen molar-refractivity contribution in [1.29, 1.82) is 0 Å². The van der Waals surface area contributed by atoms with Crippen molar-refractivity contribution in [2.45, 2.75) is 4.90 Å². The smallest absolute Gasteiger partial charge is 0.281 e. The van der Waals surface area contributed by atoms with E-state index in [-0.39, 0.29) is 28.6 Å². The van der Waals surface area contributed by atoms with Gasteiger partial charge in [0, 0.05) is 36.4 Å². The molecule has 0 unspecified atom stereocenters. The summed E-state index contributed by atoms with van der Waals surface area (Å²) in [6.45, 7) is 0.136. The molecule has 5 rings (SSSR count). The summed E-state index contributed by atoms with van der Waals surface area (Å²) >= 11 is 0. The molecular weight excluding hydrogens is 490 g/mol. The van der Waals surface area contributed by atoms with Gasteiger partial charge in [-0.3, -0.25) is 19.1 Å². The molecule has 0 saturated carbocycles. The highest BCUT2D eigenvalue weighted by molar-refractivity contribution is 7.90. The van der Waals surface area contributed by atoms with Gasteiger partial charge in [0.2, 0.25) is 0 Å². The van der Waals surface area contributed by atoms with Gasteiger partial charge in [-0.2, -0.15) is 0 Å². The first-order valence-corrected chi connectivity index (χ1v) is 13.4. The SMILES string of the molecule is COc1ccc(N2C(=O)CN(C)c3ccn(-c4ccc(-c5ccccc5S(C)(=O)=O)cc4)c(=O)c32)cc1. The Morgan fingerprint density at radius 3 is 2.14 bits per heavy atom. The molecule has 1 amide bonds. The number of ether oxygens (including phenoxy) is 1. The number of hydrogen-bond acceptors (Lipinski definition) is 6. The molecule has 0 N–H and O–H groups in total. The molecule has 8 nitrogen and oxygen atoms in total. The van der Waals surface area contributed by atoms with E-state index in [2.05, 4.69) is 0 Å². The number of nitrogens with zero attached hydrogens (tertiary/aromatic N) is 3. The van der Waals surface area contributed by atoms with Gasteiger partial charge in [-0.1, -0.05) is 30.3 Å². The summed E-state index contributed by atoms with van der Waals surface area (Å²) in [6.07, 6.45) is 2.86. The Balaban J connectivity index is 1.60. The second-order valence-corrected chi connectivity index (χ2v) is 10.8. The number of benzene rings is 3. The molecule has 188 valence electrons. The summed E-state index contributed by atoms with van der Waals surface area (Å²) in [6, 6.07) is 22.7. The summed E-state index contributed by atoms with van der Waals surface area (Å²) in [7, 11) is -0.0714. The zero-order valence-corrected chi connectivity index (χ0v) is 21.4. The largest absolute Gasteiger partial charge is 0.497 e. The molecule has 2 heterocycles. The van der Waals surface area contributed by atoms with Crippen LogP contribution in [-0.4, -0.2) is 45.9 Å². The van der Waals surface area contributed by atoms with Gasteiger partial charge in [-0.05, 0) is 54.1 Å². The highest BCUT2D eigenvalue weighted by Gasteiger charge is 2.32. The molecule has 0 radical (unpaired) electrons. The van der Waals surface area contributed by atoms with Crippen molar-refractivity contribution in [1.82, 2.24) is 4.57 Å². The van der Waals surface area contributed by atoms with Crippen molar-refractivity contribution in [3.05, 3.63) is 95.4 Å². The maximum Gasteiger partial charge on any atom is 0.281 e. The van der Waals surface area contributed by atoms with Gasteiger partial charge < -0.3 is 9.64 Å². The third-order valence-corrected chi connectivity index (χ3v) is 7.53. The fraction of sp³-hybridized carbons (Fsp3) is 0.143. The van der Waals surface area contributed by atoms with Crippen molar-refractivity contribution in [2.24, 2.45) is 0 Å². The predicted octanol–water partition coefficient (Wildman–Crippen LogP) is 4.03. The monoisotopic (exact) mass is 515 g/mol. The number of aromatic nitrogens is 1. The predicted molar refractivity (Wildman–Crippen MR) is 144 cm³/mol. The lowest BCUT2D eigenvalue weighted by atomic mass is 10.1. The molecule has 9 heteroatoms.